The Labute approximate surface area is 68.3 Å². The fourth-order valence-electron chi connectivity index (χ4n) is 0.764. The topological polar surface area (TPSA) is 67.6 Å². The minimum atomic E-state index is 0.177. The largest absolute Gasteiger partial charge is 0.370 e. The van der Waals surface area contributed by atoms with E-state index < -0.39 is 0 Å². The van der Waals surface area contributed by atoms with Crippen LogP contribution in [0.1, 0.15) is 13.3 Å². The number of hydrogen-bond acceptors (Lipinski definition) is 2. The summed E-state index contributed by atoms with van der Waals surface area (Å²) >= 11 is 0. The summed E-state index contributed by atoms with van der Waals surface area (Å²) in [5.74, 6) is 0.177. The van der Waals surface area contributed by atoms with E-state index >= 15 is 0 Å². The molecule has 0 aromatic carbocycles. The molecule has 4 nitrogen and oxygen atoms in total. The highest BCUT2D eigenvalue weighted by molar-refractivity contribution is 5.75. The summed E-state index contributed by atoms with van der Waals surface area (Å²) in [4.78, 5) is 6.10. The molecular weight excluding hydrogens is 140 g/mol. The van der Waals surface area contributed by atoms with Crippen LogP contribution in [-0.2, 0) is 0 Å². The van der Waals surface area contributed by atoms with Gasteiger partial charge >= 0.3 is 0 Å². The Morgan fingerprint density at radius 1 is 1.45 bits per heavy atom. The first-order valence-corrected chi connectivity index (χ1v) is 3.76. The van der Waals surface area contributed by atoms with Crippen molar-refractivity contribution in [2.75, 3.05) is 20.6 Å². The fraction of sp³-hybridized carbons (Fsp3) is 0.857. The third-order valence-electron chi connectivity index (χ3n) is 1.36. The molecule has 0 spiro atoms. The lowest BCUT2D eigenvalue weighted by Crippen LogP contribution is -2.26. The summed E-state index contributed by atoms with van der Waals surface area (Å²) in [7, 11) is 4.06. The molecule has 0 amide bonds. The average Bonchev–Trinajstić information content (AvgIpc) is 1.82. The van der Waals surface area contributed by atoms with Gasteiger partial charge in [-0.3, -0.25) is 4.99 Å². The molecule has 4 N–H and O–H groups in total. The molecule has 1 atom stereocenters. The van der Waals surface area contributed by atoms with Crippen molar-refractivity contribution in [3.8, 4) is 0 Å². The molecule has 0 aliphatic carbocycles. The second kappa shape index (κ2) is 4.96. The van der Waals surface area contributed by atoms with E-state index in [-0.39, 0.29) is 12.0 Å². The highest BCUT2D eigenvalue weighted by atomic mass is 15.1. The van der Waals surface area contributed by atoms with Crippen LogP contribution in [0.5, 0.6) is 0 Å². The maximum absolute atomic E-state index is 5.21. The zero-order valence-electron chi connectivity index (χ0n) is 7.54. The number of hydrogen-bond donors (Lipinski definition) is 2. The average molecular weight is 158 g/mol. The Morgan fingerprint density at radius 2 is 2.00 bits per heavy atom. The van der Waals surface area contributed by atoms with Crippen molar-refractivity contribution >= 4 is 5.96 Å². The third kappa shape index (κ3) is 7.12. The summed E-state index contributed by atoms with van der Waals surface area (Å²) in [6, 6.07) is 0.224. The lowest BCUT2D eigenvalue weighted by Gasteiger charge is -2.11. The highest BCUT2D eigenvalue weighted by Gasteiger charge is 1.99. The Morgan fingerprint density at radius 3 is 2.36 bits per heavy atom. The van der Waals surface area contributed by atoms with E-state index in [9.17, 15) is 0 Å². The van der Waals surface area contributed by atoms with Crippen molar-refractivity contribution in [2.24, 2.45) is 16.5 Å². The molecule has 0 unspecified atom stereocenters. The summed E-state index contributed by atoms with van der Waals surface area (Å²) in [6.45, 7) is 3.02. The third-order valence-corrected chi connectivity index (χ3v) is 1.36. The Kier molecular flexibility index (Phi) is 4.61. The molecular formula is C7H18N4. The van der Waals surface area contributed by atoms with Gasteiger partial charge in [-0.25, -0.2) is 0 Å². The van der Waals surface area contributed by atoms with Crippen LogP contribution in [0.3, 0.4) is 0 Å². The molecule has 0 saturated heterocycles. The van der Waals surface area contributed by atoms with Crippen LogP contribution < -0.4 is 11.5 Å². The van der Waals surface area contributed by atoms with E-state index in [4.69, 9.17) is 11.5 Å². The van der Waals surface area contributed by atoms with E-state index in [1.165, 1.54) is 0 Å². The predicted octanol–water partition coefficient (Wildman–Crippen LogP) is -0.400. The van der Waals surface area contributed by atoms with Crippen LogP contribution >= 0.6 is 0 Å². The van der Waals surface area contributed by atoms with Crippen molar-refractivity contribution in [3.63, 3.8) is 0 Å². The normalized spacial score (nSPS) is 13.1. The monoisotopic (exact) mass is 158 g/mol. The lowest BCUT2D eigenvalue weighted by molar-refractivity contribution is 0.386. The van der Waals surface area contributed by atoms with Crippen molar-refractivity contribution in [2.45, 2.75) is 19.4 Å². The quantitative estimate of drug-likeness (QED) is 0.432. The molecule has 11 heavy (non-hydrogen) atoms. The van der Waals surface area contributed by atoms with Gasteiger partial charge in [0.25, 0.3) is 0 Å². The van der Waals surface area contributed by atoms with Gasteiger partial charge in [-0.05, 0) is 34.0 Å². The van der Waals surface area contributed by atoms with Crippen LogP contribution in [0, 0.1) is 0 Å². The zero-order chi connectivity index (χ0) is 8.85. The molecule has 0 aliphatic heterocycles. The molecule has 0 bridgehead atoms. The van der Waals surface area contributed by atoms with E-state index in [1.54, 1.807) is 0 Å². The molecule has 66 valence electrons. The highest BCUT2D eigenvalue weighted by Crippen LogP contribution is 1.96. The second-order valence-corrected chi connectivity index (χ2v) is 2.99. The summed E-state index contributed by atoms with van der Waals surface area (Å²) in [5.41, 5.74) is 10.4. The standard InChI is InChI=1S/C7H18N4/c1-6(10-7(8)9)4-5-11(2)3/h6H,4-5H2,1-3H3,(H4,8,9,10)/t6-/m1/s1. The van der Waals surface area contributed by atoms with E-state index in [0.29, 0.717) is 0 Å². The van der Waals surface area contributed by atoms with Gasteiger partial charge in [-0.15, -0.1) is 0 Å². The molecule has 4 heteroatoms. The van der Waals surface area contributed by atoms with Crippen molar-refractivity contribution in [1.82, 2.24) is 4.90 Å². The van der Waals surface area contributed by atoms with Crippen LogP contribution in [0.25, 0.3) is 0 Å². The smallest absolute Gasteiger partial charge is 0.186 e. The molecule has 0 heterocycles. The minimum absolute atomic E-state index is 0.177. The van der Waals surface area contributed by atoms with Gasteiger partial charge in [0.15, 0.2) is 5.96 Å². The van der Waals surface area contributed by atoms with Gasteiger partial charge in [0.05, 0.1) is 6.04 Å². The summed E-state index contributed by atoms with van der Waals surface area (Å²) in [6.07, 6.45) is 0.991. The van der Waals surface area contributed by atoms with Crippen LogP contribution in [-0.4, -0.2) is 37.5 Å². The number of guanidine groups is 1. The predicted molar refractivity (Wildman–Crippen MR) is 48.4 cm³/mol. The number of rotatable bonds is 4. The van der Waals surface area contributed by atoms with Crippen LogP contribution in [0.4, 0.5) is 0 Å². The van der Waals surface area contributed by atoms with Crippen molar-refractivity contribution in [1.29, 1.82) is 0 Å². The SMILES string of the molecule is C[C@H](CCN(C)C)N=C(N)N. The second-order valence-electron chi connectivity index (χ2n) is 2.99. The molecule has 0 aliphatic rings. The van der Waals surface area contributed by atoms with Crippen LogP contribution in [0.2, 0.25) is 0 Å². The summed E-state index contributed by atoms with van der Waals surface area (Å²) in [5, 5.41) is 0. The van der Waals surface area contributed by atoms with Crippen molar-refractivity contribution < 1.29 is 0 Å². The first kappa shape index (κ1) is 10.2. The molecule has 0 radical (unpaired) electrons. The van der Waals surface area contributed by atoms with Gasteiger partial charge in [0, 0.05) is 0 Å². The number of nitrogens with zero attached hydrogens (tertiary/aromatic N) is 2. The molecule has 0 aromatic rings. The first-order valence-electron chi connectivity index (χ1n) is 3.76. The van der Waals surface area contributed by atoms with Gasteiger partial charge in [0.2, 0.25) is 0 Å². The number of aliphatic imine (C=N–C) groups is 1. The lowest BCUT2D eigenvalue weighted by atomic mass is 10.2. The van der Waals surface area contributed by atoms with E-state index in [2.05, 4.69) is 9.89 Å². The van der Waals surface area contributed by atoms with Crippen molar-refractivity contribution in [3.05, 3.63) is 0 Å². The fourth-order valence-corrected chi connectivity index (χ4v) is 0.764. The molecule has 0 aromatic heterocycles. The van der Waals surface area contributed by atoms with Gasteiger partial charge in [-0.2, -0.15) is 0 Å². The Bertz CT molecular complexity index is 126. The van der Waals surface area contributed by atoms with E-state index in [0.717, 1.165) is 13.0 Å². The maximum atomic E-state index is 5.21. The zero-order valence-corrected chi connectivity index (χ0v) is 7.54. The maximum Gasteiger partial charge on any atom is 0.186 e. The van der Waals surface area contributed by atoms with Gasteiger partial charge in [0.1, 0.15) is 0 Å². The first-order chi connectivity index (χ1) is 5.02. The summed E-state index contributed by atoms with van der Waals surface area (Å²) < 4.78 is 0. The van der Waals surface area contributed by atoms with Crippen LogP contribution in [0.15, 0.2) is 4.99 Å². The Hall–Kier alpha value is -0.770. The van der Waals surface area contributed by atoms with E-state index in [1.807, 2.05) is 21.0 Å². The molecule has 0 fully saturated rings. The Balaban J connectivity index is 3.53. The molecule has 0 rings (SSSR count). The minimum Gasteiger partial charge on any atom is -0.370 e. The number of nitrogens with two attached hydrogens (primary N) is 2. The van der Waals surface area contributed by atoms with Gasteiger partial charge in [-0.1, -0.05) is 0 Å². The van der Waals surface area contributed by atoms with Gasteiger partial charge < -0.3 is 16.4 Å². The molecule has 0 saturated carbocycles.